The van der Waals surface area contributed by atoms with Crippen molar-refractivity contribution in [1.29, 1.82) is 0 Å². The van der Waals surface area contributed by atoms with E-state index in [1.165, 1.54) is 44.4 Å². The SMILES string of the molecule is CC(C)=CCOC(C)(C)C1OC2CC[C@]3(C)[C@@]4(C)c5[nH]c6cc7c(cc6c5CC4CC[C@@]3(O)C23OC3[C@@H]1O)CC1C7=CC(C)(C)OC1(C)C. The van der Waals surface area contributed by atoms with Crippen LogP contribution in [-0.2, 0) is 37.2 Å². The molecule has 2 saturated heterocycles. The highest BCUT2D eigenvalue weighted by atomic mass is 16.7. The molecular formula is C42H57NO6. The molecule has 9 rings (SSSR count). The van der Waals surface area contributed by atoms with E-state index in [9.17, 15) is 10.2 Å². The fraction of sp³-hybridized carbons (Fsp3) is 0.714. The Balaban J connectivity index is 1.08. The number of benzene rings is 1. The predicted octanol–water partition coefficient (Wildman–Crippen LogP) is 7.09. The van der Waals surface area contributed by atoms with Gasteiger partial charge in [-0.25, -0.2) is 0 Å². The molecule has 1 aromatic heterocycles. The second-order valence-electron chi connectivity index (χ2n) is 19.1. The van der Waals surface area contributed by atoms with E-state index in [-0.39, 0.29) is 22.7 Å². The van der Waals surface area contributed by atoms with Gasteiger partial charge in [0.25, 0.3) is 0 Å². The molecular weight excluding hydrogens is 614 g/mol. The zero-order chi connectivity index (χ0) is 34.9. The lowest BCUT2D eigenvalue weighted by molar-refractivity contribution is -0.283. The molecule has 10 atom stereocenters. The molecule has 49 heavy (non-hydrogen) atoms. The highest BCUT2D eigenvalue weighted by Gasteiger charge is 2.86. The molecule has 0 bridgehead atoms. The predicted molar refractivity (Wildman–Crippen MR) is 191 cm³/mol. The Morgan fingerprint density at radius 2 is 1.82 bits per heavy atom. The lowest BCUT2D eigenvalue weighted by atomic mass is 9.40. The van der Waals surface area contributed by atoms with Crippen LogP contribution in [0.1, 0.15) is 117 Å². The summed E-state index contributed by atoms with van der Waals surface area (Å²) in [6, 6.07) is 4.88. The lowest BCUT2D eigenvalue weighted by Crippen LogP contribution is -2.76. The Morgan fingerprint density at radius 1 is 1.06 bits per heavy atom. The quantitative estimate of drug-likeness (QED) is 0.237. The summed E-state index contributed by atoms with van der Waals surface area (Å²) in [5, 5.41) is 26.4. The van der Waals surface area contributed by atoms with E-state index in [2.05, 4.69) is 84.7 Å². The van der Waals surface area contributed by atoms with Gasteiger partial charge in [0.2, 0.25) is 0 Å². The van der Waals surface area contributed by atoms with E-state index < -0.39 is 40.5 Å². The summed E-state index contributed by atoms with van der Waals surface area (Å²) in [4.78, 5) is 4.01. The third kappa shape index (κ3) is 3.96. The summed E-state index contributed by atoms with van der Waals surface area (Å²) in [5.41, 5.74) is 5.25. The normalized spacial score (nSPS) is 43.7. The highest BCUT2D eigenvalue weighted by molar-refractivity contribution is 5.92. The van der Waals surface area contributed by atoms with Gasteiger partial charge in [0, 0.05) is 33.3 Å². The van der Waals surface area contributed by atoms with Crippen molar-refractivity contribution in [1.82, 2.24) is 4.98 Å². The number of rotatable bonds is 4. The van der Waals surface area contributed by atoms with Gasteiger partial charge in [0.05, 0.1) is 29.5 Å². The molecule has 6 unspecified atom stereocenters. The number of hydrogen-bond donors (Lipinski definition) is 3. The van der Waals surface area contributed by atoms with Crippen LogP contribution < -0.4 is 0 Å². The fourth-order valence-corrected chi connectivity index (χ4v) is 12.5. The molecule has 2 saturated carbocycles. The summed E-state index contributed by atoms with van der Waals surface area (Å²) in [5.74, 6) is 0.775. The average molecular weight is 672 g/mol. The van der Waals surface area contributed by atoms with Gasteiger partial charge in [-0.15, -0.1) is 0 Å². The first-order valence-corrected chi connectivity index (χ1v) is 18.9. The third-order valence-corrected chi connectivity index (χ3v) is 15.1. The van der Waals surface area contributed by atoms with Crippen molar-refractivity contribution >= 4 is 16.5 Å². The van der Waals surface area contributed by atoms with E-state index in [0.717, 1.165) is 32.1 Å². The van der Waals surface area contributed by atoms with Crippen LogP contribution >= 0.6 is 0 Å². The van der Waals surface area contributed by atoms with Crippen LogP contribution in [0.2, 0.25) is 0 Å². The average Bonchev–Trinajstić information content (AvgIpc) is 3.41. The second-order valence-corrected chi connectivity index (χ2v) is 19.1. The number of aromatic amines is 1. The number of nitrogens with one attached hydrogen (secondary N) is 1. The molecule has 4 heterocycles. The van der Waals surface area contributed by atoms with Crippen LogP contribution in [0.25, 0.3) is 16.5 Å². The molecule has 2 aromatic rings. The van der Waals surface area contributed by atoms with Gasteiger partial charge >= 0.3 is 0 Å². The fourth-order valence-electron chi connectivity index (χ4n) is 12.5. The molecule has 0 amide bonds. The topological polar surface area (TPSA) is 96.5 Å². The largest absolute Gasteiger partial charge is 0.387 e. The van der Waals surface area contributed by atoms with Crippen molar-refractivity contribution in [2.45, 2.75) is 166 Å². The van der Waals surface area contributed by atoms with Crippen molar-refractivity contribution in [2.75, 3.05) is 6.61 Å². The first-order valence-electron chi connectivity index (χ1n) is 18.9. The Hall–Kier alpha value is -2.00. The van der Waals surface area contributed by atoms with Crippen molar-refractivity contribution in [3.63, 3.8) is 0 Å². The number of aromatic nitrogens is 1. The monoisotopic (exact) mass is 671 g/mol. The molecule has 4 aliphatic carbocycles. The molecule has 3 aliphatic heterocycles. The second kappa shape index (κ2) is 9.70. The summed E-state index contributed by atoms with van der Waals surface area (Å²) in [6.45, 7) is 22.1. The van der Waals surface area contributed by atoms with Gasteiger partial charge < -0.3 is 34.1 Å². The smallest absolute Gasteiger partial charge is 0.152 e. The zero-order valence-electron chi connectivity index (χ0n) is 31.3. The summed E-state index contributed by atoms with van der Waals surface area (Å²) in [6.07, 6.45) is 7.38. The lowest BCUT2D eigenvalue weighted by Gasteiger charge is -2.66. The van der Waals surface area contributed by atoms with Gasteiger partial charge in [-0.2, -0.15) is 0 Å². The maximum absolute atomic E-state index is 13.2. The van der Waals surface area contributed by atoms with E-state index in [0.29, 0.717) is 24.9 Å². The molecule has 3 N–H and O–H groups in total. The van der Waals surface area contributed by atoms with Crippen LogP contribution in [0.5, 0.6) is 0 Å². The Labute approximate surface area is 291 Å². The van der Waals surface area contributed by atoms with Crippen LogP contribution in [-0.4, -0.2) is 74.2 Å². The first kappa shape index (κ1) is 32.9. The van der Waals surface area contributed by atoms with Gasteiger partial charge in [0.1, 0.15) is 23.9 Å². The summed E-state index contributed by atoms with van der Waals surface area (Å²) in [7, 11) is 0. The van der Waals surface area contributed by atoms with Crippen molar-refractivity contribution in [3.8, 4) is 0 Å². The van der Waals surface area contributed by atoms with Crippen LogP contribution in [0.15, 0.2) is 29.9 Å². The zero-order valence-corrected chi connectivity index (χ0v) is 31.3. The standard InChI is InChI=1S/C42H57NO6/c1-22(2)13-16-46-38(7,8)34-32(44)35-42(48-35)31(47-34)12-14-39(9)40(10)24(11-15-41(39,42)45)19-27-26-17-23-18-29-28(21-36(3,4)49-37(29,5)6)25(23)20-30(26)43-33(27)40/h13,17,20-21,24,29,31-32,34-35,43-45H,11-12,14-16,18-19H2,1-10H3/t24?,29?,31?,32-,34?,35?,39-,40-,41+,42?/m1/s1. The number of H-pyrrole nitrogens is 1. The van der Waals surface area contributed by atoms with Crippen molar-refractivity contribution < 1.29 is 29.2 Å². The number of fused-ring (bicyclic) bond motifs is 10. The highest BCUT2D eigenvalue weighted by Crippen LogP contribution is 2.75. The summed E-state index contributed by atoms with van der Waals surface area (Å²) < 4.78 is 26.3. The number of ether oxygens (including phenoxy) is 4. The Morgan fingerprint density at radius 3 is 2.55 bits per heavy atom. The van der Waals surface area contributed by atoms with Gasteiger partial charge in [-0.05, 0) is 140 Å². The molecule has 7 heteroatoms. The molecule has 7 nitrogen and oxygen atoms in total. The van der Waals surface area contributed by atoms with E-state index >= 15 is 0 Å². The maximum Gasteiger partial charge on any atom is 0.152 e. The Kier molecular flexibility index (Phi) is 6.51. The number of hydrogen-bond acceptors (Lipinski definition) is 6. The minimum atomic E-state index is -1.14. The first-order chi connectivity index (χ1) is 22.8. The van der Waals surface area contributed by atoms with Crippen molar-refractivity contribution in [3.05, 3.63) is 52.2 Å². The number of epoxide rings is 1. The van der Waals surface area contributed by atoms with E-state index in [1.54, 1.807) is 0 Å². The molecule has 1 aromatic carbocycles. The maximum atomic E-state index is 13.2. The van der Waals surface area contributed by atoms with Gasteiger partial charge in [0.15, 0.2) is 5.60 Å². The number of aliphatic hydroxyl groups excluding tert-OH is 1. The molecule has 7 aliphatic rings. The summed E-state index contributed by atoms with van der Waals surface area (Å²) >= 11 is 0. The van der Waals surface area contributed by atoms with E-state index in [1.807, 2.05) is 13.8 Å². The molecule has 0 radical (unpaired) electrons. The molecule has 266 valence electrons. The van der Waals surface area contributed by atoms with E-state index in [4.69, 9.17) is 18.9 Å². The number of aliphatic hydroxyl groups is 2. The van der Waals surface area contributed by atoms with Gasteiger partial charge in [-0.1, -0.05) is 25.5 Å². The minimum absolute atomic E-state index is 0.227. The molecule has 4 fully saturated rings. The third-order valence-electron chi connectivity index (χ3n) is 15.1. The van der Waals surface area contributed by atoms with Crippen LogP contribution in [0.4, 0.5) is 0 Å². The number of allylic oxidation sites excluding steroid dienone is 1. The van der Waals surface area contributed by atoms with Crippen LogP contribution in [0.3, 0.4) is 0 Å². The van der Waals surface area contributed by atoms with Gasteiger partial charge in [-0.3, -0.25) is 0 Å². The van der Waals surface area contributed by atoms with Crippen molar-refractivity contribution in [2.24, 2.45) is 17.3 Å². The Bertz CT molecular complexity index is 1830. The van der Waals surface area contributed by atoms with Crippen LogP contribution in [0, 0.1) is 17.3 Å². The minimum Gasteiger partial charge on any atom is -0.387 e. The molecule has 1 spiro atoms.